The van der Waals surface area contributed by atoms with Crippen LogP contribution in [0.5, 0.6) is 0 Å². The topological polar surface area (TPSA) is 2020 Å². The molecule has 0 saturated heterocycles. The first kappa shape index (κ1) is 246. The molecule has 0 radical (unpaired) electrons. The first-order chi connectivity index (χ1) is 60.6. The number of carboxylic acid groups (broad SMARTS) is 70. The van der Waals surface area contributed by atoms with Gasteiger partial charge < -0.3 is 367 Å². The minimum Gasteiger partial charge on any atom is -0.565 e. The van der Waals surface area contributed by atoms with Gasteiger partial charge in [-0.15, -0.1) is 0 Å². The van der Waals surface area contributed by atoms with Crippen LogP contribution in [0.1, 0.15) is 0 Å². The SMILES string of the molecule is O=C(O)O.O=C(O)O.O=C(O)O.O=C(O)O.O=C(O)O.O=C(O)O.O=C(O)O.O=C(O)O.O=C(O)O.O=C(O)O.O=C(O)O.O=C(O)O.O=C(O)O.O=C(O)O.O=C(O)O.O=C(O)O.O=C(O)O.O=C(O)O.O=C(O)O.O=C(O)O.O=C(O)O.O=C(O)O.O=C(O)O.O=C(O)O.O=C(O)O.O=C(O)O.O=C(O)O.O=C(O)O.O=C(O)O.O=C(O)O.O=C(O)O.O=C(O)O.O=C(O)O.O=C([O-])O.O=C([O-])O.[Na+].[Na+]. The molecule has 0 heterocycles. The largest absolute Gasteiger partial charge is 1.00 e. The fourth-order valence-corrected chi connectivity index (χ4v) is 0. The van der Waals surface area contributed by atoms with Crippen LogP contribution in [-0.2, 0) is 0 Å². The molecule has 0 saturated carbocycles. The van der Waals surface area contributed by atoms with E-state index in [0.717, 1.165) is 0 Å². The minimum absolute atomic E-state index is 0. The molecule has 0 aliphatic heterocycles. The zero-order valence-corrected chi connectivity index (χ0v) is 69.0. The van der Waals surface area contributed by atoms with Crippen LogP contribution < -0.4 is 69.3 Å². The summed E-state index contributed by atoms with van der Waals surface area (Å²) >= 11 is 0. The maximum absolute atomic E-state index is 8.56. The third kappa shape index (κ3) is 2800. The van der Waals surface area contributed by atoms with Gasteiger partial charge in [0.05, 0.1) is 0 Å². The van der Waals surface area contributed by atoms with Crippen molar-refractivity contribution in [1.29, 1.82) is 0 Å². The quantitative estimate of drug-likeness (QED) is 0.131. The van der Waals surface area contributed by atoms with Gasteiger partial charge in [0.15, 0.2) is 0 Å². The fourth-order valence-electron chi connectivity index (χ4n) is 0. The molecule has 68 N–H and O–H groups in total. The Hall–Kier alpha value is -23.5. The Bertz CT molecular complexity index is 2010. The van der Waals surface area contributed by atoms with Gasteiger partial charge in [-0.2, -0.15) is 0 Å². The molecule has 0 bridgehead atoms. The molecule has 0 aromatic rings. The second kappa shape index (κ2) is 240. The van der Waals surface area contributed by atoms with Crippen LogP contribution >= 0.6 is 0 Å². The molecule has 840 valence electrons. The zero-order chi connectivity index (χ0) is 125. The van der Waals surface area contributed by atoms with Gasteiger partial charge in [0, 0.05) is 0 Å². The van der Waals surface area contributed by atoms with E-state index in [9.17, 15) is 0 Å². The maximum Gasteiger partial charge on any atom is 1.00 e. The van der Waals surface area contributed by atoms with Crippen molar-refractivity contribution in [3.05, 3.63) is 0 Å². The van der Waals surface area contributed by atoms with Gasteiger partial charge in [0.25, 0.3) is 0 Å². The molecular weight excluding hydrogens is 2150 g/mol. The number of hydrogen-bond donors (Lipinski definition) is 68. The molecule has 0 atom stereocenters. The van der Waals surface area contributed by atoms with Crippen LogP contribution in [0.3, 0.4) is 0 Å². The summed E-state index contributed by atoms with van der Waals surface area (Å²) in [5.41, 5.74) is 0. The Kier molecular flexibility index (Phi) is 416. The normalized spacial score (nSPS) is 5.92. The maximum atomic E-state index is 8.56. The molecule has 107 heteroatoms. The first-order valence-corrected chi connectivity index (χ1v) is 22.8. The molecule has 0 rings (SSSR count). The Labute approximate surface area is 797 Å². The van der Waals surface area contributed by atoms with E-state index in [1.54, 1.807) is 0 Å². The monoisotopic (exact) mass is 2210 g/mol. The Morgan fingerprint density at radius 3 is 0.0704 bits per heavy atom. The van der Waals surface area contributed by atoms with Crippen LogP contribution in [0.25, 0.3) is 0 Å². The van der Waals surface area contributed by atoms with Crippen molar-refractivity contribution in [2.75, 3.05) is 0 Å². The fraction of sp³-hybridized carbons (Fsp3) is 0. The van der Waals surface area contributed by atoms with Crippen molar-refractivity contribution in [2.45, 2.75) is 0 Å². The average Bonchev–Trinajstić information content (AvgIpc) is 3.40. The summed E-state index contributed by atoms with van der Waals surface area (Å²) in [4.78, 5) is 299. The average molecular weight is 2210 g/mol. The smallest absolute Gasteiger partial charge is 0.565 e. The van der Waals surface area contributed by atoms with Crippen molar-refractivity contribution in [2.24, 2.45) is 0 Å². The van der Waals surface area contributed by atoms with Crippen LogP contribution in [0.2, 0.25) is 0 Å². The van der Waals surface area contributed by atoms with Gasteiger partial charge in [-0.25, -0.2) is 158 Å². The predicted molar refractivity (Wildman–Crippen MR) is 368 cm³/mol. The summed E-state index contributed by atoms with van der Waals surface area (Å²) in [6.45, 7) is 0. The molecule has 0 spiro atoms. The summed E-state index contributed by atoms with van der Waals surface area (Å²) in [5, 5.41) is 491. The minimum atomic E-state index is -2.08. The van der Waals surface area contributed by atoms with E-state index < -0.39 is 215 Å². The van der Waals surface area contributed by atoms with Crippen LogP contribution in [-0.4, -0.2) is 563 Å². The number of hydrogen-bond acceptors (Lipinski definition) is 37. The van der Waals surface area contributed by atoms with E-state index in [-0.39, 0.29) is 59.1 Å². The summed E-state index contributed by atoms with van der Waals surface area (Å²) < 4.78 is 0. The molecule has 0 fully saturated rings. The van der Waals surface area contributed by atoms with Crippen molar-refractivity contribution in [1.82, 2.24) is 0 Å². The van der Waals surface area contributed by atoms with Crippen molar-refractivity contribution in [3.63, 3.8) is 0 Å². The zero-order valence-electron chi connectivity index (χ0n) is 65.0. The van der Waals surface area contributed by atoms with Gasteiger partial charge in [-0.05, 0) is 0 Å². The summed E-state index contributed by atoms with van der Waals surface area (Å²) in [5.74, 6) is 0. The molecule has 0 amide bonds. The standard InChI is InChI=1S/35CH2O3.2Na/c35*2-1(3)4;;/h35*(H2,2,3,4);;/q;;;;;;;;;;;;;;;;;;;;;;;;;;;;;;;;;;;2*+1/p-2. The number of rotatable bonds is 0. The summed E-state index contributed by atoms with van der Waals surface area (Å²) in [6.07, 6.45) is -64.7. The van der Waals surface area contributed by atoms with E-state index in [4.69, 9.17) is 525 Å². The second-order valence-electron chi connectivity index (χ2n) is 9.86. The van der Waals surface area contributed by atoms with Crippen molar-refractivity contribution >= 4 is 215 Å². The van der Waals surface area contributed by atoms with Gasteiger partial charge in [0.2, 0.25) is 12.3 Å². The second-order valence-corrected chi connectivity index (χ2v) is 9.86. The molecule has 0 unspecified atom stereocenters. The Morgan fingerprint density at radius 1 is 0.0704 bits per heavy atom. The first-order valence-electron chi connectivity index (χ1n) is 22.8. The Balaban J connectivity index is -0.0000000228. The summed E-state index contributed by atoms with van der Waals surface area (Å²) in [7, 11) is 0. The molecule has 0 aliphatic carbocycles. The molecule has 105 nitrogen and oxygen atoms in total. The number of carbonyl (C=O) groups is 35. The predicted octanol–water partition coefficient (Wildman–Crippen LogP) is -0.877. The molecular formula is C35H68Na2O105. The van der Waals surface area contributed by atoms with E-state index in [0.29, 0.717) is 0 Å². The van der Waals surface area contributed by atoms with Gasteiger partial charge in [-0.3, -0.25) is 0 Å². The van der Waals surface area contributed by atoms with Gasteiger partial charge in [0.1, 0.15) is 0 Å². The van der Waals surface area contributed by atoms with E-state index in [1.807, 2.05) is 0 Å². The van der Waals surface area contributed by atoms with E-state index in [2.05, 4.69) is 0 Å². The van der Waals surface area contributed by atoms with Gasteiger partial charge >= 0.3 is 262 Å². The van der Waals surface area contributed by atoms with Crippen molar-refractivity contribution in [3.8, 4) is 0 Å². The van der Waals surface area contributed by atoms with Gasteiger partial charge in [-0.1, -0.05) is 0 Å². The summed E-state index contributed by atoms with van der Waals surface area (Å²) in [6, 6.07) is 0. The Morgan fingerprint density at radius 2 is 0.0704 bits per heavy atom. The van der Waals surface area contributed by atoms with Crippen LogP contribution in [0.4, 0.5) is 168 Å². The van der Waals surface area contributed by atoms with E-state index in [1.165, 1.54) is 0 Å². The molecule has 0 aromatic carbocycles. The van der Waals surface area contributed by atoms with Crippen LogP contribution in [0.15, 0.2) is 0 Å². The molecule has 0 aliphatic rings. The third-order valence-electron chi connectivity index (χ3n) is 0. The van der Waals surface area contributed by atoms with E-state index >= 15 is 0 Å². The van der Waals surface area contributed by atoms with Crippen LogP contribution in [0, 0.1) is 0 Å². The van der Waals surface area contributed by atoms with Crippen molar-refractivity contribution < 1.29 is 584 Å². The molecule has 142 heavy (non-hydrogen) atoms. The molecule has 0 aromatic heterocycles. The third-order valence-corrected chi connectivity index (χ3v) is 0.